The molecular formula is C14H14F2N6O2. The van der Waals surface area contributed by atoms with Gasteiger partial charge in [0.15, 0.2) is 11.6 Å². The number of anilines is 1. The fourth-order valence-corrected chi connectivity index (χ4v) is 2.33. The molecular weight excluding hydrogens is 322 g/mol. The Hall–Kier alpha value is -3.04. The number of rotatable bonds is 4. The number of amides is 2. The van der Waals surface area contributed by atoms with Crippen LogP contribution in [0.25, 0.3) is 5.69 Å². The predicted octanol–water partition coefficient (Wildman–Crippen LogP) is 0.0753. The third-order valence-corrected chi connectivity index (χ3v) is 3.44. The van der Waals surface area contributed by atoms with Crippen molar-refractivity contribution in [3.8, 4) is 5.69 Å². The molecule has 2 amide bonds. The van der Waals surface area contributed by atoms with Gasteiger partial charge in [-0.2, -0.15) is 0 Å². The average molecular weight is 336 g/mol. The van der Waals surface area contributed by atoms with Crippen LogP contribution in [0.4, 0.5) is 14.5 Å². The third kappa shape index (κ3) is 3.16. The number of carbonyl (C=O) groups excluding carboxylic acids is 2. The molecule has 1 aliphatic heterocycles. The SMILES string of the molecule is CC(=O)NCc1cn(-c2cc(F)c(N3CNC(=O)C3)c(F)c2)nn1. The molecule has 0 radical (unpaired) electrons. The van der Waals surface area contributed by atoms with Crippen molar-refractivity contribution in [3.63, 3.8) is 0 Å². The number of carbonyl (C=O) groups is 2. The first-order chi connectivity index (χ1) is 11.4. The van der Waals surface area contributed by atoms with E-state index in [2.05, 4.69) is 20.9 Å². The summed E-state index contributed by atoms with van der Waals surface area (Å²) in [5.41, 5.74) is 0.328. The standard InChI is InChI=1S/C14H14F2N6O2/c1-8(23)17-4-9-5-22(20-19-9)10-2-11(15)14(12(16)3-10)21-6-13(24)18-7-21/h2-3,5H,4,6-7H2,1H3,(H,17,23)(H,18,24). The molecule has 0 saturated carbocycles. The van der Waals surface area contributed by atoms with E-state index in [1.807, 2.05) is 0 Å². The zero-order valence-corrected chi connectivity index (χ0v) is 12.7. The van der Waals surface area contributed by atoms with Crippen molar-refractivity contribution in [2.75, 3.05) is 18.1 Å². The first kappa shape index (κ1) is 15.8. The van der Waals surface area contributed by atoms with Crippen LogP contribution in [0.3, 0.4) is 0 Å². The van der Waals surface area contributed by atoms with Crippen molar-refractivity contribution in [2.45, 2.75) is 13.5 Å². The fourth-order valence-electron chi connectivity index (χ4n) is 2.33. The van der Waals surface area contributed by atoms with Gasteiger partial charge in [-0.1, -0.05) is 5.21 Å². The summed E-state index contributed by atoms with van der Waals surface area (Å²) < 4.78 is 29.8. The lowest BCUT2D eigenvalue weighted by Gasteiger charge is -2.17. The van der Waals surface area contributed by atoms with Gasteiger partial charge in [-0.05, 0) is 0 Å². The number of hydrogen-bond donors (Lipinski definition) is 2. The summed E-state index contributed by atoms with van der Waals surface area (Å²) in [7, 11) is 0. The van der Waals surface area contributed by atoms with Crippen LogP contribution in [-0.4, -0.2) is 40.0 Å². The smallest absolute Gasteiger partial charge is 0.240 e. The van der Waals surface area contributed by atoms with E-state index in [0.29, 0.717) is 5.69 Å². The van der Waals surface area contributed by atoms with Gasteiger partial charge in [-0.25, -0.2) is 13.5 Å². The average Bonchev–Trinajstić information content (AvgIpc) is 3.13. The molecule has 1 aliphatic rings. The highest BCUT2D eigenvalue weighted by molar-refractivity contribution is 5.84. The van der Waals surface area contributed by atoms with E-state index >= 15 is 0 Å². The van der Waals surface area contributed by atoms with Gasteiger partial charge in [0, 0.05) is 19.1 Å². The van der Waals surface area contributed by atoms with Crippen LogP contribution in [0.15, 0.2) is 18.3 Å². The zero-order valence-electron chi connectivity index (χ0n) is 12.7. The predicted molar refractivity (Wildman–Crippen MR) is 79.2 cm³/mol. The number of aromatic nitrogens is 3. The number of nitrogens with zero attached hydrogens (tertiary/aromatic N) is 4. The molecule has 2 heterocycles. The van der Waals surface area contributed by atoms with Crippen molar-refractivity contribution >= 4 is 17.5 Å². The Labute approximate surface area is 135 Å². The van der Waals surface area contributed by atoms with Crippen LogP contribution in [0.5, 0.6) is 0 Å². The van der Waals surface area contributed by atoms with Gasteiger partial charge in [0.2, 0.25) is 11.8 Å². The van der Waals surface area contributed by atoms with E-state index in [4.69, 9.17) is 0 Å². The van der Waals surface area contributed by atoms with Crippen molar-refractivity contribution in [1.82, 2.24) is 25.6 Å². The van der Waals surface area contributed by atoms with Crippen molar-refractivity contribution < 1.29 is 18.4 Å². The van der Waals surface area contributed by atoms with E-state index in [-0.39, 0.29) is 42.9 Å². The Morgan fingerprint density at radius 2 is 2.08 bits per heavy atom. The van der Waals surface area contributed by atoms with Crippen molar-refractivity contribution in [2.24, 2.45) is 0 Å². The quantitative estimate of drug-likeness (QED) is 0.825. The molecule has 2 N–H and O–H groups in total. The normalized spacial score (nSPS) is 14.0. The number of hydrogen-bond acceptors (Lipinski definition) is 5. The number of benzene rings is 1. The minimum Gasteiger partial charge on any atom is -0.351 e. The summed E-state index contributed by atoms with van der Waals surface area (Å²) in [5, 5.41) is 12.6. The highest BCUT2D eigenvalue weighted by atomic mass is 19.1. The van der Waals surface area contributed by atoms with Crippen LogP contribution >= 0.6 is 0 Å². The fraction of sp³-hybridized carbons (Fsp3) is 0.286. The van der Waals surface area contributed by atoms with E-state index in [1.54, 1.807) is 0 Å². The molecule has 0 unspecified atom stereocenters. The molecule has 0 aliphatic carbocycles. The van der Waals surface area contributed by atoms with E-state index in [0.717, 1.165) is 12.1 Å². The molecule has 10 heteroatoms. The summed E-state index contributed by atoms with van der Waals surface area (Å²) >= 11 is 0. The van der Waals surface area contributed by atoms with Gasteiger partial charge < -0.3 is 15.5 Å². The minimum atomic E-state index is -0.805. The zero-order chi connectivity index (χ0) is 17.3. The molecule has 0 spiro atoms. The van der Waals surface area contributed by atoms with E-state index < -0.39 is 11.6 Å². The van der Waals surface area contributed by atoms with Gasteiger partial charge in [0.05, 0.1) is 31.6 Å². The summed E-state index contributed by atoms with van der Waals surface area (Å²) in [4.78, 5) is 23.3. The van der Waals surface area contributed by atoms with Gasteiger partial charge in [0.25, 0.3) is 0 Å². The topological polar surface area (TPSA) is 92.2 Å². The van der Waals surface area contributed by atoms with E-state index in [1.165, 1.54) is 22.7 Å². The molecule has 1 aromatic carbocycles. The van der Waals surface area contributed by atoms with Gasteiger partial charge in [-0.15, -0.1) is 5.10 Å². The Kier molecular flexibility index (Phi) is 4.11. The maximum absolute atomic E-state index is 14.3. The molecule has 2 aromatic rings. The highest BCUT2D eigenvalue weighted by Gasteiger charge is 2.25. The molecule has 24 heavy (non-hydrogen) atoms. The Morgan fingerprint density at radius 3 is 2.67 bits per heavy atom. The number of nitrogens with one attached hydrogen (secondary N) is 2. The summed E-state index contributed by atoms with van der Waals surface area (Å²) in [6, 6.07) is 2.22. The van der Waals surface area contributed by atoms with Crippen molar-refractivity contribution in [1.29, 1.82) is 0 Å². The van der Waals surface area contributed by atoms with Crippen LogP contribution < -0.4 is 15.5 Å². The maximum Gasteiger partial charge on any atom is 0.240 e. The van der Waals surface area contributed by atoms with Crippen LogP contribution in [0, 0.1) is 11.6 Å². The molecule has 126 valence electrons. The molecule has 1 aromatic heterocycles. The summed E-state index contributed by atoms with van der Waals surface area (Å²) in [5.74, 6) is -2.13. The second-order valence-electron chi connectivity index (χ2n) is 5.28. The van der Waals surface area contributed by atoms with Gasteiger partial charge in [0.1, 0.15) is 11.4 Å². The van der Waals surface area contributed by atoms with Gasteiger partial charge in [-0.3, -0.25) is 9.59 Å². The van der Waals surface area contributed by atoms with Crippen LogP contribution in [-0.2, 0) is 16.1 Å². The monoisotopic (exact) mass is 336 g/mol. The van der Waals surface area contributed by atoms with Gasteiger partial charge >= 0.3 is 0 Å². The minimum absolute atomic E-state index is 0.0518. The second kappa shape index (κ2) is 6.22. The Bertz CT molecular complexity index is 783. The maximum atomic E-state index is 14.3. The molecule has 0 bridgehead atoms. The highest BCUT2D eigenvalue weighted by Crippen LogP contribution is 2.27. The first-order valence-electron chi connectivity index (χ1n) is 7.11. The lowest BCUT2D eigenvalue weighted by molar-refractivity contribution is -0.119. The molecule has 1 saturated heterocycles. The second-order valence-corrected chi connectivity index (χ2v) is 5.28. The lowest BCUT2D eigenvalue weighted by Crippen LogP contribution is -2.23. The molecule has 8 nitrogen and oxygen atoms in total. The van der Waals surface area contributed by atoms with Crippen molar-refractivity contribution in [3.05, 3.63) is 35.7 Å². The number of halogens is 2. The molecule has 3 rings (SSSR count). The van der Waals surface area contributed by atoms with Crippen LogP contribution in [0.2, 0.25) is 0 Å². The van der Waals surface area contributed by atoms with Crippen LogP contribution in [0.1, 0.15) is 12.6 Å². The summed E-state index contributed by atoms with van der Waals surface area (Å²) in [6.07, 6.45) is 1.46. The Balaban J connectivity index is 1.85. The molecule has 1 fully saturated rings. The first-order valence-corrected chi connectivity index (χ1v) is 7.11. The summed E-state index contributed by atoms with van der Waals surface area (Å²) in [6.45, 7) is 1.49. The lowest BCUT2D eigenvalue weighted by atomic mass is 10.2. The Morgan fingerprint density at radius 1 is 1.38 bits per heavy atom. The third-order valence-electron chi connectivity index (χ3n) is 3.44. The van der Waals surface area contributed by atoms with E-state index in [9.17, 15) is 18.4 Å². The largest absolute Gasteiger partial charge is 0.351 e. The molecule has 0 atom stereocenters.